The van der Waals surface area contributed by atoms with Gasteiger partial charge in [0.05, 0.1) is 0 Å². The van der Waals surface area contributed by atoms with Gasteiger partial charge in [-0.25, -0.2) is 0 Å². The molecule has 5 unspecified atom stereocenters. The van der Waals surface area contributed by atoms with Gasteiger partial charge in [0.15, 0.2) is 5.75 Å². The third-order valence-corrected chi connectivity index (χ3v) is 14.1. The molecule has 8 N–H and O–H groups in total. The second kappa shape index (κ2) is 22.4. The van der Waals surface area contributed by atoms with Gasteiger partial charge in [0.25, 0.3) is 10.1 Å². The van der Waals surface area contributed by atoms with Crippen LogP contribution in [0.1, 0.15) is 62.5 Å². The number of benzene rings is 2. The number of piperidine rings is 4. The van der Waals surface area contributed by atoms with Crippen LogP contribution in [0.2, 0.25) is 0 Å². The zero-order valence-corrected chi connectivity index (χ0v) is 39.3. The van der Waals surface area contributed by atoms with Crippen molar-refractivity contribution in [2.45, 2.75) is 56.3 Å². The van der Waals surface area contributed by atoms with E-state index in [9.17, 15) is 42.2 Å². The van der Waals surface area contributed by atoms with Gasteiger partial charge < -0.3 is 54.8 Å². The van der Waals surface area contributed by atoms with Gasteiger partial charge in [0.2, 0.25) is 35.7 Å². The number of nitrogens with one attached hydrogen (secondary N) is 2. The third kappa shape index (κ3) is 12.5. The highest BCUT2D eigenvalue weighted by atomic mass is 32.2. The maximum atomic E-state index is 12.9. The van der Waals surface area contributed by atoms with Gasteiger partial charge >= 0.3 is 11.4 Å². The molecule has 4 aromatic rings. The number of nitrogens with zero attached hydrogens (tertiary/aromatic N) is 10. The molecule has 0 aliphatic carbocycles. The summed E-state index contributed by atoms with van der Waals surface area (Å²) in [5.41, 5.74) is 1.02. The Morgan fingerprint density at radius 2 is 0.956 bits per heavy atom. The van der Waals surface area contributed by atoms with E-state index in [1.54, 1.807) is 18.2 Å². The highest BCUT2D eigenvalue weighted by molar-refractivity contribution is 7.86. The minimum atomic E-state index is -4.81. The van der Waals surface area contributed by atoms with Gasteiger partial charge in [-0.2, -0.15) is 42.5 Å². The number of hydrogen-bond acceptors (Lipinski definition) is 20. The SMILES string of the molecule is O=S(O)Oc1cc(Nc2nc(N3CCCC(CO)C3)nc(N3CCCC(CO)C3)n2)ccc1C=Cc1ccc(Nc2nc(N3CCCC(CO)C3)nc(N3CCCC(CO)C3)n2)cc1S(=O)(=O)O. The van der Waals surface area contributed by atoms with Crippen molar-refractivity contribution in [1.82, 2.24) is 29.9 Å². The first-order valence-corrected chi connectivity index (χ1v) is 25.6. The largest absolute Gasteiger partial charge is 0.396 e. The van der Waals surface area contributed by atoms with Crippen LogP contribution in [0.15, 0.2) is 41.3 Å². The molecule has 0 spiro atoms. The molecule has 4 aliphatic rings. The quantitative estimate of drug-likeness (QED) is 0.0428. The van der Waals surface area contributed by atoms with Crippen LogP contribution in [0.3, 0.4) is 0 Å². The summed E-state index contributed by atoms with van der Waals surface area (Å²) in [4.78, 5) is 36.0. The third-order valence-electron chi connectivity index (χ3n) is 12.9. The molecular formula is C44H60N12O10S2. The van der Waals surface area contributed by atoms with Crippen LogP contribution in [0.5, 0.6) is 5.75 Å². The van der Waals surface area contributed by atoms with Gasteiger partial charge in [-0.05, 0) is 105 Å². The fraction of sp³-hybridized carbons (Fsp3) is 0.545. The summed E-state index contributed by atoms with van der Waals surface area (Å²) < 4.78 is 63.5. The Balaban J connectivity index is 1.06. The van der Waals surface area contributed by atoms with E-state index in [2.05, 4.69) is 20.6 Å². The number of anilines is 8. The summed E-state index contributed by atoms with van der Waals surface area (Å²) in [5.74, 6) is 2.17. The maximum Gasteiger partial charge on any atom is 0.357 e. The summed E-state index contributed by atoms with van der Waals surface area (Å²) in [6.45, 7) is 5.11. The van der Waals surface area contributed by atoms with Crippen molar-refractivity contribution in [2.24, 2.45) is 23.7 Å². The first-order valence-electron chi connectivity index (χ1n) is 23.1. The van der Waals surface area contributed by atoms with Gasteiger partial charge in [-0.3, -0.25) is 9.11 Å². The number of hydrogen-bond donors (Lipinski definition) is 8. The summed E-state index contributed by atoms with van der Waals surface area (Å²) in [6.07, 6.45) is 9.81. The van der Waals surface area contributed by atoms with Crippen molar-refractivity contribution in [2.75, 3.05) is 109 Å². The smallest absolute Gasteiger partial charge is 0.357 e. The lowest BCUT2D eigenvalue weighted by molar-refractivity contribution is 0.207. The van der Waals surface area contributed by atoms with E-state index in [0.717, 1.165) is 51.4 Å². The lowest BCUT2D eigenvalue weighted by atomic mass is 9.99. The normalized spacial score (nSPS) is 22.1. The number of aliphatic hydroxyl groups excluding tert-OH is 4. The highest BCUT2D eigenvalue weighted by Crippen LogP contribution is 2.33. The molecule has 2 aromatic carbocycles. The van der Waals surface area contributed by atoms with Gasteiger partial charge in [-0.15, -0.1) is 0 Å². The zero-order valence-electron chi connectivity index (χ0n) is 37.7. The summed E-state index contributed by atoms with van der Waals surface area (Å²) in [5, 5.41) is 45.9. The summed E-state index contributed by atoms with van der Waals surface area (Å²) >= 11 is -2.75. The van der Waals surface area contributed by atoms with Gasteiger partial charge in [0.1, 0.15) is 4.90 Å². The summed E-state index contributed by atoms with van der Waals surface area (Å²) in [7, 11) is -4.81. The van der Waals surface area contributed by atoms with Gasteiger partial charge in [0, 0.05) is 102 Å². The molecule has 368 valence electrons. The first kappa shape index (κ1) is 49.1. The lowest BCUT2D eigenvalue weighted by Gasteiger charge is -2.34. The molecule has 0 radical (unpaired) electrons. The molecule has 4 fully saturated rings. The molecule has 0 saturated carbocycles. The number of rotatable bonds is 17. The van der Waals surface area contributed by atoms with E-state index in [-0.39, 0.29) is 84.6 Å². The van der Waals surface area contributed by atoms with E-state index in [0.29, 0.717) is 81.8 Å². The Kier molecular flexibility index (Phi) is 16.2. The van der Waals surface area contributed by atoms with Crippen molar-refractivity contribution < 1.29 is 46.3 Å². The van der Waals surface area contributed by atoms with Crippen LogP contribution in [0.25, 0.3) is 12.2 Å². The van der Waals surface area contributed by atoms with E-state index >= 15 is 0 Å². The van der Waals surface area contributed by atoms with Crippen molar-refractivity contribution >= 4 is 80.7 Å². The fourth-order valence-electron chi connectivity index (χ4n) is 9.28. The highest BCUT2D eigenvalue weighted by Gasteiger charge is 2.29. The van der Waals surface area contributed by atoms with Crippen molar-refractivity contribution in [3.8, 4) is 5.75 Å². The lowest BCUT2D eigenvalue weighted by Crippen LogP contribution is -2.40. The zero-order chi connectivity index (χ0) is 47.8. The Hall–Kier alpha value is -5.34. The molecule has 6 heterocycles. The minimum Gasteiger partial charge on any atom is -0.396 e. The molecule has 68 heavy (non-hydrogen) atoms. The predicted molar refractivity (Wildman–Crippen MR) is 257 cm³/mol. The Morgan fingerprint density at radius 3 is 1.32 bits per heavy atom. The Morgan fingerprint density at radius 1 is 0.588 bits per heavy atom. The first-order chi connectivity index (χ1) is 32.9. The van der Waals surface area contributed by atoms with Gasteiger partial charge in [-0.1, -0.05) is 18.2 Å². The van der Waals surface area contributed by atoms with Crippen LogP contribution >= 0.6 is 0 Å². The second-order valence-corrected chi connectivity index (χ2v) is 19.9. The molecule has 0 amide bonds. The molecular weight excluding hydrogens is 921 g/mol. The van der Waals surface area contributed by atoms with E-state index in [1.165, 1.54) is 30.4 Å². The minimum absolute atomic E-state index is 0.0320. The number of aromatic nitrogens is 6. The molecule has 24 heteroatoms. The van der Waals surface area contributed by atoms with E-state index in [1.807, 2.05) is 19.6 Å². The van der Waals surface area contributed by atoms with Crippen molar-refractivity contribution in [1.29, 1.82) is 0 Å². The Bertz CT molecular complexity index is 2460. The van der Waals surface area contributed by atoms with Crippen LogP contribution in [-0.2, 0) is 21.5 Å². The topological polar surface area (TPSA) is 296 Å². The summed E-state index contributed by atoms with van der Waals surface area (Å²) in [6, 6.07) is 9.04. The van der Waals surface area contributed by atoms with Crippen LogP contribution in [0.4, 0.5) is 47.1 Å². The fourth-order valence-corrected chi connectivity index (χ4v) is 10.3. The number of aliphatic hydroxyl groups is 4. The monoisotopic (exact) mass is 980 g/mol. The molecule has 4 saturated heterocycles. The second-order valence-electron chi connectivity index (χ2n) is 17.9. The van der Waals surface area contributed by atoms with Crippen molar-refractivity contribution in [3.63, 3.8) is 0 Å². The van der Waals surface area contributed by atoms with Crippen molar-refractivity contribution in [3.05, 3.63) is 47.5 Å². The maximum absolute atomic E-state index is 12.9. The van der Waals surface area contributed by atoms with Crippen LogP contribution < -0.4 is 34.4 Å². The van der Waals surface area contributed by atoms with E-state index < -0.39 is 26.4 Å². The predicted octanol–water partition coefficient (Wildman–Crippen LogP) is 3.31. The molecule has 22 nitrogen and oxygen atoms in total. The standard InChI is InChI=1S/C44H60N12O10S2/c57-25-29-5-1-15-53(21-29)41-47-39(48-42(51-41)54-16-2-6-30(22-54)26-58)45-35-13-11-33(37(19-35)66-67(61)62)9-10-34-12-14-36(20-38(34)68(63,64)65)46-40-49-43(55-17-3-7-31(23-55)27-59)52-44(50-40)56-18-4-8-32(24-56)28-60/h9-14,19-20,29-32,57-60H,1-8,15-18,21-28H2,(H,61,62)(H,63,64,65)(H,45,47,48,51)(H,46,49,50,52). The molecule has 2 aromatic heterocycles. The molecule has 5 atom stereocenters. The Labute approximate surface area is 397 Å². The van der Waals surface area contributed by atoms with Crippen LogP contribution in [0, 0.1) is 23.7 Å². The molecule has 4 aliphatic heterocycles. The van der Waals surface area contributed by atoms with Crippen LogP contribution in [-0.4, -0.2) is 151 Å². The average molecular weight is 981 g/mol. The van der Waals surface area contributed by atoms with E-state index in [4.69, 9.17) is 24.1 Å². The average Bonchev–Trinajstić information content (AvgIpc) is 3.35. The molecule has 8 rings (SSSR count). The molecule has 0 bridgehead atoms.